The molecule has 0 aromatic heterocycles. The second-order valence-electron chi connectivity index (χ2n) is 4.64. The van der Waals surface area contributed by atoms with Gasteiger partial charge in [0.1, 0.15) is 5.75 Å². The Kier molecular flexibility index (Phi) is 2.48. The van der Waals surface area contributed by atoms with Gasteiger partial charge in [0.15, 0.2) is 0 Å². The first-order valence-electron chi connectivity index (χ1n) is 6.09. The molecule has 92 valence electrons. The molecule has 1 aliphatic carbocycles. The molecule has 2 aliphatic rings. The van der Waals surface area contributed by atoms with E-state index in [2.05, 4.69) is 6.07 Å². The molecule has 1 heterocycles. The van der Waals surface area contributed by atoms with Crippen molar-refractivity contribution in [2.24, 2.45) is 11.8 Å². The lowest BCUT2D eigenvalue weighted by atomic mass is 10.0. The molecule has 18 heavy (non-hydrogen) atoms. The van der Waals surface area contributed by atoms with Crippen LogP contribution >= 0.6 is 0 Å². The van der Waals surface area contributed by atoms with Crippen LogP contribution in [0.15, 0.2) is 18.2 Å². The SMILES string of the molecule is CCOC(=O)[C@@H]1C2COc3cc(C#N)ccc3C21. The molecule has 4 heteroatoms. The van der Waals surface area contributed by atoms with Gasteiger partial charge in [0.25, 0.3) is 0 Å². The number of nitriles is 1. The molecule has 1 saturated carbocycles. The van der Waals surface area contributed by atoms with Gasteiger partial charge < -0.3 is 9.47 Å². The monoisotopic (exact) mass is 243 g/mol. The van der Waals surface area contributed by atoms with E-state index < -0.39 is 0 Å². The maximum Gasteiger partial charge on any atom is 0.309 e. The van der Waals surface area contributed by atoms with Gasteiger partial charge in [-0.3, -0.25) is 4.79 Å². The van der Waals surface area contributed by atoms with Crippen molar-refractivity contribution in [1.29, 1.82) is 5.26 Å². The third-order valence-corrected chi connectivity index (χ3v) is 3.66. The fraction of sp³-hybridized carbons (Fsp3) is 0.429. The summed E-state index contributed by atoms with van der Waals surface area (Å²) in [6.07, 6.45) is 0. The second-order valence-corrected chi connectivity index (χ2v) is 4.64. The summed E-state index contributed by atoms with van der Waals surface area (Å²) in [5.74, 6) is 0.986. The number of carbonyl (C=O) groups is 1. The Balaban J connectivity index is 1.87. The summed E-state index contributed by atoms with van der Waals surface area (Å²) in [6.45, 7) is 2.76. The number of carbonyl (C=O) groups excluding carboxylic acids is 1. The van der Waals surface area contributed by atoms with E-state index in [9.17, 15) is 4.79 Å². The Morgan fingerprint density at radius 3 is 3.17 bits per heavy atom. The van der Waals surface area contributed by atoms with Crippen molar-refractivity contribution in [3.8, 4) is 11.8 Å². The molecule has 0 N–H and O–H groups in total. The van der Waals surface area contributed by atoms with Gasteiger partial charge in [-0.2, -0.15) is 5.26 Å². The standard InChI is InChI=1S/C14H13NO3/c1-2-17-14(16)13-10-7-18-11-5-8(6-15)3-4-9(11)12(10)13/h3-5,10,12-13H,2,7H2,1H3/t10?,12?,13-/m1/s1. The normalized spacial score (nSPS) is 27.2. The van der Waals surface area contributed by atoms with Crippen molar-refractivity contribution < 1.29 is 14.3 Å². The summed E-state index contributed by atoms with van der Waals surface area (Å²) in [4.78, 5) is 11.8. The van der Waals surface area contributed by atoms with E-state index in [0.29, 0.717) is 18.8 Å². The van der Waals surface area contributed by atoms with Crippen molar-refractivity contribution in [3.05, 3.63) is 29.3 Å². The van der Waals surface area contributed by atoms with Gasteiger partial charge in [0, 0.05) is 11.8 Å². The number of benzene rings is 1. The molecule has 1 aromatic carbocycles. The average Bonchev–Trinajstić information content (AvgIpc) is 3.13. The third kappa shape index (κ3) is 1.55. The smallest absolute Gasteiger partial charge is 0.309 e. The third-order valence-electron chi connectivity index (χ3n) is 3.66. The van der Waals surface area contributed by atoms with E-state index in [4.69, 9.17) is 14.7 Å². The van der Waals surface area contributed by atoms with Gasteiger partial charge >= 0.3 is 5.97 Å². The Bertz CT molecular complexity index is 546. The summed E-state index contributed by atoms with van der Waals surface area (Å²) in [5, 5.41) is 8.85. The quantitative estimate of drug-likeness (QED) is 0.744. The average molecular weight is 243 g/mol. The summed E-state index contributed by atoms with van der Waals surface area (Å²) >= 11 is 0. The first-order valence-corrected chi connectivity index (χ1v) is 6.09. The van der Waals surface area contributed by atoms with Crippen LogP contribution in [0.2, 0.25) is 0 Å². The summed E-state index contributed by atoms with van der Waals surface area (Å²) in [7, 11) is 0. The van der Waals surface area contributed by atoms with Crippen molar-refractivity contribution in [2.45, 2.75) is 12.8 Å². The largest absolute Gasteiger partial charge is 0.493 e. The number of ether oxygens (including phenoxy) is 2. The lowest BCUT2D eigenvalue weighted by Crippen LogP contribution is -2.10. The highest BCUT2D eigenvalue weighted by Gasteiger charge is 2.59. The van der Waals surface area contributed by atoms with Crippen LogP contribution in [0.25, 0.3) is 0 Å². The maximum absolute atomic E-state index is 11.8. The zero-order valence-electron chi connectivity index (χ0n) is 10.1. The highest BCUT2D eigenvalue weighted by Crippen LogP contribution is 2.59. The zero-order chi connectivity index (χ0) is 12.7. The van der Waals surface area contributed by atoms with Crippen LogP contribution in [0, 0.1) is 23.2 Å². The van der Waals surface area contributed by atoms with Gasteiger partial charge in [0.2, 0.25) is 0 Å². The van der Waals surface area contributed by atoms with E-state index >= 15 is 0 Å². The molecule has 3 atom stereocenters. The van der Waals surface area contributed by atoms with Crippen molar-refractivity contribution in [2.75, 3.05) is 13.2 Å². The Morgan fingerprint density at radius 1 is 1.61 bits per heavy atom. The van der Waals surface area contributed by atoms with E-state index in [1.54, 1.807) is 12.1 Å². The molecule has 2 unspecified atom stereocenters. The summed E-state index contributed by atoms with van der Waals surface area (Å²) in [5.41, 5.74) is 1.61. The molecule has 0 amide bonds. The molecule has 4 nitrogen and oxygen atoms in total. The van der Waals surface area contributed by atoms with Gasteiger partial charge in [-0.25, -0.2) is 0 Å². The molecule has 1 aromatic rings. The number of fused-ring (bicyclic) bond motifs is 3. The minimum absolute atomic E-state index is 0.0702. The van der Waals surface area contributed by atoms with Crippen molar-refractivity contribution >= 4 is 5.97 Å². The second kappa shape index (κ2) is 4.02. The number of hydrogen-bond acceptors (Lipinski definition) is 4. The first-order chi connectivity index (χ1) is 8.76. The highest BCUT2D eigenvalue weighted by atomic mass is 16.5. The molecule has 3 rings (SSSR count). The predicted octanol–water partition coefficient (Wildman–Crippen LogP) is 1.84. The minimum atomic E-state index is -0.131. The van der Waals surface area contributed by atoms with Gasteiger partial charge in [-0.15, -0.1) is 0 Å². The lowest BCUT2D eigenvalue weighted by Gasteiger charge is -2.15. The number of hydrogen-bond donors (Lipinski definition) is 0. The first kappa shape index (κ1) is 11.1. The minimum Gasteiger partial charge on any atom is -0.493 e. The summed E-state index contributed by atoms with van der Waals surface area (Å²) < 4.78 is 10.7. The number of rotatable bonds is 2. The number of esters is 1. The van der Waals surface area contributed by atoms with Crippen LogP contribution in [0.5, 0.6) is 5.75 Å². The topological polar surface area (TPSA) is 59.3 Å². The van der Waals surface area contributed by atoms with E-state index in [1.807, 2.05) is 13.0 Å². The molecule has 0 spiro atoms. The Morgan fingerprint density at radius 2 is 2.44 bits per heavy atom. The van der Waals surface area contributed by atoms with Gasteiger partial charge in [0.05, 0.1) is 30.8 Å². The van der Waals surface area contributed by atoms with Crippen LogP contribution in [0.4, 0.5) is 0 Å². The molecule has 0 bridgehead atoms. The molecular weight excluding hydrogens is 230 g/mol. The maximum atomic E-state index is 11.8. The fourth-order valence-electron chi connectivity index (χ4n) is 2.76. The molecule has 1 fully saturated rings. The van der Waals surface area contributed by atoms with Crippen LogP contribution in [-0.4, -0.2) is 19.2 Å². The van der Waals surface area contributed by atoms with Crippen molar-refractivity contribution in [1.82, 2.24) is 0 Å². The zero-order valence-corrected chi connectivity index (χ0v) is 10.1. The van der Waals surface area contributed by atoms with E-state index in [0.717, 1.165) is 11.3 Å². The van der Waals surface area contributed by atoms with Crippen LogP contribution < -0.4 is 4.74 Å². The highest BCUT2D eigenvalue weighted by molar-refractivity contribution is 5.79. The van der Waals surface area contributed by atoms with Gasteiger partial charge in [-0.05, 0) is 24.6 Å². The molecule has 0 radical (unpaired) electrons. The fourth-order valence-corrected chi connectivity index (χ4v) is 2.76. The molecule has 0 saturated heterocycles. The Labute approximate surface area is 105 Å². The lowest BCUT2D eigenvalue weighted by molar-refractivity contribution is -0.145. The van der Waals surface area contributed by atoms with Gasteiger partial charge in [-0.1, -0.05) is 6.07 Å². The van der Waals surface area contributed by atoms with E-state index in [1.165, 1.54) is 0 Å². The van der Waals surface area contributed by atoms with E-state index in [-0.39, 0.29) is 23.7 Å². The van der Waals surface area contributed by atoms with Crippen molar-refractivity contribution in [3.63, 3.8) is 0 Å². The summed E-state index contributed by atoms with van der Waals surface area (Å²) in [6, 6.07) is 7.49. The molecular formula is C14H13NO3. The predicted molar refractivity (Wildman–Crippen MR) is 63.0 cm³/mol. The van der Waals surface area contributed by atoms with Crippen LogP contribution in [0.3, 0.4) is 0 Å². The Hall–Kier alpha value is -2.02. The number of nitrogens with zero attached hydrogens (tertiary/aromatic N) is 1. The van der Waals surface area contributed by atoms with Crippen LogP contribution in [0.1, 0.15) is 24.0 Å². The molecule has 1 aliphatic heterocycles. The van der Waals surface area contributed by atoms with Crippen LogP contribution in [-0.2, 0) is 9.53 Å².